The molecule has 0 unspecified atom stereocenters. The van der Waals surface area contributed by atoms with E-state index in [1.165, 1.54) is 11.0 Å². The van der Waals surface area contributed by atoms with Crippen molar-refractivity contribution in [1.82, 2.24) is 4.90 Å². The molecule has 0 saturated heterocycles. The van der Waals surface area contributed by atoms with Crippen molar-refractivity contribution in [1.29, 1.82) is 0 Å². The minimum Gasteiger partial charge on any atom is -0.366 e. The van der Waals surface area contributed by atoms with Crippen molar-refractivity contribution >= 4 is 17.9 Å². The average Bonchev–Trinajstić information content (AvgIpc) is 2.26. The molecule has 0 spiro atoms. The molecule has 0 radical (unpaired) electrons. The quantitative estimate of drug-likeness (QED) is 0.826. The Balaban J connectivity index is 3.36. The fourth-order valence-corrected chi connectivity index (χ4v) is 1.32. The maximum absolute atomic E-state index is 11.8. The maximum atomic E-state index is 11.8. The fraction of sp³-hybridized carbons (Fsp3) is 0.167. The van der Waals surface area contributed by atoms with Crippen molar-refractivity contribution in [2.45, 2.75) is 0 Å². The Morgan fingerprint density at radius 2 is 1.94 bits per heavy atom. The molecule has 84 valence electrons. The monoisotopic (exact) mass is 218 g/mol. The van der Waals surface area contributed by atoms with Gasteiger partial charge in [-0.2, -0.15) is 0 Å². The summed E-state index contributed by atoms with van der Waals surface area (Å²) >= 11 is 0. The zero-order chi connectivity index (χ0) is 12.3. The van der Waals surface area contributed by atoms with Gasteiger partial charge in [0.25, 0.3) is 5.91 Å². The number of benzene rings is 1. The number of nitrogens with two attached hydrogens (primary N) is 1. The van der Waals surface area contributed by atoms with Crippen LogP contribution in [0.5, 0.6) is 0 Å². The lowest BCUT2D eigenvalue weighted by Crippen LogP contribution is -2.25. The van der Waals surface area contributed by atoms with Crippen molar-refractivity contribution in [3.05, 3.63) is 41.5 Å². The van der Waals surface area contributed by atoms with Crippen LogP contribution in [0.15, 0.2) is 24.8 Å². The minimum atomic E-state index is -0.610. The van der Waals surface area contributed by atoms with E-state index in [-0.39, 0.29) is 11.5 Å². The highest BCUT2D eigenvalue weighted by molar-refractivity contribution is 6.06. The van der Waals surface area contributed by atoms with Crippen molar-refractivity contribution in [2.75, 3.05) is 14.1 Å². The summed E-state index contributed by atoms with van der Waals surface area (Å²) < 4.78 is 0. The van der Waals surface area contributed by atoms with Crippen molar-refractivity contribution < 1.29 is 9.59 Å². The van der Waals surface area contributed by atoms with Gasteiger partial charge in [0.15, 0.2) is 0 Å². The van der Waals surface area contributed by atoms with E-state index in [4.69, 9.17) is 5.73 Å². The van der Waals surface area contributed by atoms with Crippen LogP contribution in [-0.2, 0) is 0 Å². The zero-order valence-corrected chi connectivity index (χ0v) is 9.36. The summed E-state index contributed by atoms with van der Waals surface area (Å²) in [5.41, 5.74) is 6.51. The summed E-state index contributed by atoms with van der Waals surface area (Å²) in [6, 6.07) is 4.84. The molecule has 16 heavy (non-hydrogen) atoms. The SMILES string of the molecule is C=Cc1ccc(C(N)=O)c(C(=O)N(C)C)c1. The third-order valence-electron chi connectivity index (χ3n) is 2.18. The van der Waals surface area contributed by atoms with E-state index in [0.29, 0.717) is 5.56 Å². The molecule has 0 aliphatic carbocycles. The molecule has 0 aromatic heterocycles. The van der Waals surface area contributed by atoms with Gasteiger partial charge in [0.1, 0.15) is 0 Å². The predicted octanol–water partition coefficient (Wildman–Crippen LogP) is 1.13. The van der Waals surface area contributed by atoms with Gasteiger partial charge in [-0.05, 0) is 17.7 Å². The van der Waals surface area contributed by atoms with Crippen molar-refractivity contribution in [3.8, 4) is 0 Å². The number of nitrogens with zero attached hydrogens (tertiary/aromatic N) is 1. The van der Waals surface area contributed by atoms with Gasteiger partial charge in [0.05, 0.1) is 11.1 Å². The first-order valence-corrected chi connectivity index (χ1v) is 4.75. The topological polar surface area (TPSA) is 63.4 Å². The highest BCUT2D eigenvalue weighted by atomic mass is 16.2. The summed E-state index contributed by atoms with van der Waals surface area (Å²) in [5.74, 6) is -0.863. The van der Waals surface area contributed by atoms with Crippen LogP contribution in [0.2, 0.25) is 0 Å². The van der Waals surface area contributed by atoms with E-state index in [1.807, 2.05) is 0 Å². The minimum absolute atomic E-state index is 0.226. The molecule has 2 amide bonds. The Bertz CT molecular complexity index is 450. The molecule has 2 N–H and O–H groups in total. The van der Waals surface area contributed by atoms with Gasteiger partial charge in [0, 0.05) is 14.1 Å². The van der Waals surface area contributed by atoms with Gasteiger partial charge in [-0.3, -0.25) is 9.59 Å². The molecular formula is C12H14N2O2. The first kappa shape index (κ1) is 12.0. The summed E-state index contributed by atoms with van der Waals surface area (Å²) in [7, 11) is 3.24. The van der Waals surface area contributed by atoms with Gasteiger partial charge >= 0.3 is 0 Å². The molecule has 0 atom stereocenters. The lowest BCUT2D eigenvalue weighted by atomic mass is 10.0. The number of rotatable bonds is 3. The van der Waals surface area contributed by atoms with Crippen LogP contribution < -0.4 is 5.73 Å². The van der Waals surface area contributed by atoms with Crippen LogP contribution in [0, 0.1) is 0 Å². The molecule has 0 aliphatic heterocycles. The molecule has 4 heteroatoms. The van der Waals surface area contributed by atoms with Crippen LogP contribution in [0.4, 0.5) is 0 Å². The number of carbonyl (C=O) groups excluding carboxylic acids is 2. The van der Waals surface area contributed by atoms with Crippen molar-refractivity contribution in [3.63, 3.8) is 0 Å². The number of hydrogen-bond donors (Lipinski definition) is 1. The average molecular weight is 218 g/mol. The fourth-order valence-electron chi connectivity index (χ4n) is 1.32. The highest BCUT2D eigenvalue weighted by Gasteiger charge is 2.16. The normalized spacial score (nSPS) is 9.62. The van der Waals surface area contributed by atoms with Gasteiger partial charge in [0.2, 0.25) is 5.91 Å². The van der Waals surface area contributed by atoms with Crippen LogP contribution >= 0.6 is 0 Å². The molecule has 1 aromatic rings. The largest absolute Gasteiger partial charge is 0.366 e. The summed E-state index contributed by atoms with van der Waals surface area (Å²) in [5, 5.41) is 0. The second-order valence-electron chi connectivity index (χ2n) is 3.57. The number of amides is 2. The molecule has 1 aromatic carbocycles. The van der Waals surface area contributed by atoms with Crippen LogP contribution in [-0.4, -0.2) is 30.8 Å². The Morgan fingerprint density at radius 1 is 1.31 bits per heavy atom. The Hall–Kier alpha value is -2.10. The third kappa shape index (κ3) is 2.28. The molecule has 0 bridgehead atoms. The Kier molecular flexibility index (Phi) is 3.45. The Morgan fingerprint density at radius 3 is 2.38 bits per heavy atom. The van der Waals surface area contributed by atoms with Crippen LogP contribution in [0.1, 0.15) is 26.3 Å². The van der Waals surface area contributed by atoms with E-state index in [2.05, 4.69) is 6.58 Å². The van der Waals surface area contributed by atoms with Gasteiger partial charge < -0.3 is 10.6 Å². The maximum Gasteiger partial charge on any atom is 0.254 e. The lowest BCUT2D eigenvalue weighted by Gasteiger charge is -2.13. The van der Waals surface area contributed by atoms with E-state index >= 15 is 0 Å². The van der Waals surface area contributed by atoms with E-state index in [0.717, 1.165) is 5.56 Å². The molecule has 4 nitrogen and oxygen atoms in total. The molecule has 0 fully saturated rings. The zero-order valence-electron chi connectivity index (χ0n) is 9.36. The summed E-state index contributed by atoms with van der Waals surface area (Å²) in [6.45, 7) is 3.61. The number of hydrogen-bond acceptors (Lipinski definition) is 2. The standard InChI is InChI=1S/C12H14N2O2/c1-4-8-5-6-9(11(13)15)10(7-8)12(16)14(2)3/h4-7H,1H2,2-3H3,(H2,13,15). The third-order valence-corrected chi connectivity index (χ3v) is 2.18. The van der Waals surface area contributed by atoms with E-state index in [9.17, 15) is 9.59 Å². The summed E-state index contributed by atoms with van der Waals surface area (Å²) in [4.78, 5) is 24.4. The second-order valence-corrected chi connectivity index (χ2v) is 3.57. The smallest absolute Gasteiger partial charge is 0.254 e. The molecule has 0 aliphatic rings. The van der Waals surface area contributed by atoms with Gasteiger partial charge in [-0.25, -0.2) is 0 Å². The first-order valence-electron chi connectivity index (χ1n) is 4.75. The van der Waals surface area contributed by atoms with Gasteiger partial charge in [-0.1, -0.05) is 18.7 Å². The number of carbonyl (C=O) groups is 2. The lowest BCUT2D eigenvalue weighted by molar-refractivity contribution is 0.0821. The van der Waals surface area contributed by atoms with Crippen LogP contribution in [0.25, 0.3) is 6.08 Å². The molecular weight excluding hydrogens is 204 g/mol. The predicted molar refractivity (Wildman–Crippen MR) is 63.1 cm³/mol. The van der Waals surface area contributed by atoms with E-state index in [1.54, 1.807) is 32.3 Å². The second kappa shape index (κ2) is 4.61. The van der Waals surface area contributed by atoms with Gasteiger partial charge in [-0.15, -0.1) is 0 Å². The van der Waals surface area contributed by atoms with Crippen LogP contribution in [0.3, 0.4) is 0 Å². The molecule has 1 rings (SSSR count). The first-order chi connectivity index (χ1) is 7.47. The highest BCUT2D eigenvalue weighted by Crippen LogP contribution is 2.14. The number of primary amides is 1. The molecule has 0 heterocycles. The van der Waals surface area contributed by atoms with E-state index < -0.39 is 5.91 Å². The molecule has 0 saturated carbocycles. The summed E-state index contributed by atoms with van der Waals surface area (Å²) in [6.07, 6.45) is 1.61. The Labute approximate surface area is 94.4 Å². The van der Waals surface area contributed by atoms with Crippen molar-refractivity contribution in [2.24, 2.45) is 5.73 Å².